The molecule has 1 unspecified atom stereocenters. The molecule has 0 spiro atoms. The van der Waals surface area contributed by atoms with Crippen LogP contribution in [0.3, 0.4) is 0 Å². The maximum atomic E-state index is 12.3. The van der Waals surface area contributed by atoms with Crippen LogP contribution in [0.2, 0.25) is 0 Å². The van der Waals surface area contributed by atoms with Gasteiger partial charge in [0, 0.05) is 11.6 Å². The van der Waals surface area contributed by atoms with E-state index in [1.165, 1.54) is 11.3 Å². The highest BCUT2D eigenvalue weighted by atomic mass is 32.2. The van der Waals surface area contributed by atoms with E-state index in [2.05, 4.69) is 15.6 Å². The zero-order valence-electron chi connectivity index (χ0n) is 13.2. The van der Waals surface area contributed by atoms with E-state index in [9.17, 15) is 9.59 Å². The molecular weight excluding hydrogens is 346 g/mol. The molecule has 128 valence electrons. The Morgan fingerprint density at radius 3 is 2.79 bits per heavy atom. The monoisotopic (exact) mass is 365 g/mol. The summed E-state index contributed by atoms with van der Waals surface area (Å²) >= 11 is 2.95. The van der Waals surface area contributed by atoms with Gasteiger partial charge in [-0.2, -0.15) is 11.8 Å². The van der Waals surface area contributed by atoms with E-state index in [0.717, 1.165) is 5.75 Å². The van der Waals surface area contributed by atoms with Crippen LogP contribution in [0.25, 0.3) is 0 Å². The van der Waals surface area contributed by atoms with Crippen LogP contribution < -0.4 is 15.4 Å². The number of carbonyl (C=O) groups is 2. The predicted octanol–water partition coefficient (Wildman–Crippen LogP) is 2.40. The fourth-order valence-corrected chi connectivity index (χ4v) is 2.89. The number of para-hydroxylation sites is 1. The van der Waals surface area contributed by atoms with E-state index in [1.54, 1.807) is 35.5 Å². The van der Waals surface area contributed by atoms with Crippen LogP contribution in [0.15, 0.2) is 41.9 Å². The number of hydrogen-bond acceptors (Lipinski definition) is 6. The van der Waals surface area contributed by atoms with Gasteiger partial charge in [-0.25, -0.2) is 4.98 Å². The molecule has 2 aromatic rings. The van der Waals surface area contributed by atoms with Crippen molar-refractivity contribution in [2.45, 2.75) is 12.5 Å². The summed E-state index contributed by atoms with van der Waals surface area (Å²) in [6.07, 6.45) is 4.11. The highest BCUT2D eigenvalue weighted by molar-refractivity contribution is 7.98. The zero-order valence-corrected chi connectivity index (χ0v) is 14.9. The van der Waals surface area contributed by atoms with Crippen LogP contribution in [-0.4, -0.2) is 41.5 Å². The minimum absolute atomic E-state index is 0.135. The molecule has 0 aliphatic rings. The highest BCUT2D eigenvalue weighted by Gasteiger charge is 2.21. The quantitative estimate of drug-likeness (QED) is 0.713. The van der Waals surface area contributed by atoms with Gasteiger partial charge in [0.25, 0.3) is 5.91 Å². The highest BCUT2D eigenvalue weighted by Crippen LogP contribution is 2.12. The number of anilines is 1. The Bertz CT molecular complexity index is 635. The van der Waals surface area contributed by atoms with Crippen molar-refractivity contribution in [1.29, 1.82) is 0 Å². The van der Waals surface area contributed by atoms with E-state index in [1.807, 2.05) is 24.5 Å². The fraction of sp³-hybridized carbons (Fsp3) is 0.312. The Kier molecular flexibility index (Phi) is 7.57. The molecule has 8 heteroatoms. The second-order valence-electron chi connectivity index (χ2n) is 4.83. The van der Waals surface area contributed by atoms with Crippen LogP contribution in [0, 0.1) is 0 Å². The van der Waals surface area contributed by atoms with Crippen molar-refractivity contribution in [3.63, 3.8) is 0 Å². The molecule has 1 aromatic carbocycles. The lowest BCUT2D eigenvalue weighted by molar-refractivity contribution is -0.127. The van der Waals surface area contributed by atoms with Crippen molar-refractivity contribution < 1.29 is 14.3 Å². The smallest absolute Gasteiger partial charge is 0.258 e. The SMILES string of the molecule is CSCCC(NC(=O)COc1ccccc1)C(=O)Nc1nccs1. The molecule has 0 aliphatic heterocycles. The number of benzene rings is 1. The number of amides is 2. The zero-order chi connectivity index (χ0) is 17.2. The summed E-state index contributed by atoms with van der Waals surface area (Å²) in [6, 6.07) is 8.45. The third-order valence-corrected chi connectivity index (χ3v) is 4.37. The Morgan fingerprint density at radius 2 is 2.12 bits per heavy atom. The van der Waals surface area contributed by atoms with Gasteiger partial charge in [0.05, 0.1) is 0 Å². The van der Waals surface area contributed by atoms with E-state index in [-0.39, 0.29) is 18.4 Å². The number of nitrogens with one attached hydrogen (secondary N) is 2. The van der Waals surface area contributed by atoms with Crippen molar-refractivity contribution in [3.05, 3.63) is 41.9 Å². The normalized spacial score (nSPS) is 11.5. The maximum Gasteiger partial charge on any atom is 0.258 e. The summed E-state index contributed by atoms with van der Waals surface area (Å²) in [5, 5.41) is 7.73. The second-order valence-corrected chi connectivity index (χ2v) is 6.71. The number of nitrogens with zero attached hydrogens (tertiary/aromatic N) is 1. The summed E-state index contributed by atoms with van der Waals surface area (Å²) in [5.41, 5.74) is 0. The van der Waals surface area contributed by atoms with Gasteiger partial charge in [0.15, 0.2) is 11.7 Å². The molecule has 0 saturated carbocycles. The summed E-state index contributed by atoms with van der Waals surface area (Å²) < 4.78 is 5.40. The lowest BCUT2D eigenvalue weighted by atomic mass is 10.2. The lowest BCUT2D eigenvalue weighted by Gasteiger charge is -2.17. The van der Waals surface area contributed by atoms with Gasteiger partial charge in [0.2, 0.25) is 5.91 Å². The molecule has 2 amide bonds. The average Bonchev–Trinajstić information content (AvgIpc) is 3.10. The molecule has 0 bridgehead atoms. The van der Waals surface area contributed by atoms with Crippen LogP contribution in [0.5, 0.6) is 5.75 Å². The standard InChI is InChI=1S/C16H19N3O3S2/c1-23-9-7-13(15(21)19-16-17-8-10-24-16)18-14(20)11-22-12-5-3-2-4-6-12/h2-6,8,10,13H,7,9,11H2,1H3,(H,18,20)(H,17,19,21). The van der Waals surface area contributed by atoms with E-state index in [4.69, 9.17) is 4.74 Å². The first-order valence-electron chi connectivity index (χ1n) is 7.35. The number of aromatic nitrogens is 1. The number of hydrogen-bond donors (Lipinski definition) is 2. The Hall–Kier alpha value is -2.06. The van der Waals surface area contributed by atoms with E-state index >= 15 is 0 Å². The van der Waals surface area contributed by atoms with Gasteiger partial charge in [0.1, 0.15) is 11.8 Å². The van der Waals surface area contributed by atoms with Gasteiger partial charge in [-0.15, -0.1) is 11.3 Å². The number of rotatable bonds is 9. The van der Waals surface area contributed by atoms with Gasteiger partial charge >= 0.3 is 0 Å². The molecule has 0 aliphatic carbocycles. The first-order valence-corrected chi connectivity index (χ1v) is 9.63. The van der Waals surface area contributed by atoms with Gasteiger partial charge < -0.3 is 15.4 Å². The Balaban J connectivity index is 1.87. The number of thiazole rings is 1. The molecule has 2 rings (SSSR count). The molecule has 1 atom stereocenters. The second kappa shape index (κ2) is 9.94. The molecule has 0 saturated heterocycles. The molecule has 24 heavy (non-hydrogen) atoms. The fourth-order valence-electron chi connectivity index (χ4n) is 1.88. The third-order valence-electron chi connectivity index (χ3n) is 3.04. The molecule has 1 aromatic heterocycles. The van der Waals surface area contributed by atoms with Crippen molar-refractivity contribution >= 4 is 40.0 Å². The largest absolute Gasteiger partial charge is 0.484 e. The number of ether oxygens (including phenoxy) is 1. The first kappa shape index (κ1) is 18.3. The average molecular weight is 365 g/mol. The van der Waals surface area contributed by atoms with Crippen molar-refractivity contribution in [2.75, 3.05) is 23.9 Å². The summed E-state index contributed by atoms with van der Waals surface area (Å²) in [5.74, 6) is 0.766. The Labute approximate surface area is 149 Å². The summed E-state index contributed by atoms with van der Waals surface area (Å²) in [6.45, 7) is -0.135. The van der Waals surface area contributed by atoms with Gasteiger partial charge in [-0.1, -0.05) is 18.2 Å². The lowest BCUT2D eigenvalue weighted by Crippen LogP contribution is -2.45. The molecule has 0 fully saturated rings. The molecular formula is C16H19N3O3S2. The topological polar surface area (TPSA) is 80.3 Å². The van der Waals surface area contributed by atoms with Gasteiger partial charge in [-0.05, 0) is 30.6 Å². The minimum atomic E-state index is -0.617. The number of thioether (sulfide) groups is 1. The van der Waals surface area contributed by atoms with Crippen LogP contribution in [-0.2, 0) is 9.59 Å². The molecule has 6 nitrogen and oxygen atoms in total. The minimum Gasteiger partial charge on any atom is -0.484 e. The van der Waals surface area contributed by atoms with Crippen molar-refractivity contribution in [2.24, 2.45) is 0 Å². The summed E-state index contributed by atoms with van der Waals surface area (Å²) in [7, 11) is 0. The Morgan fingerprint density at radius 1 is 1.33 bits per heavy atom. The molecule has 1 heterocycles. The maximum absolute atomic E-state index is 12.3. The molecule has 2 N–H and O–H groups in total. The van der Waals surface area contributed by atoms with Gasteiger partial charge in [-0.3, -0.25) is 9.59 Å². The van der Waals surface area contributed by atoms with Crippen molar-refractivity contribution in [3.8, 4) is 5.75 Å². The van der Waals surface area contributed by atoms with E-state index < -0.39 is 6.04 Å². The van der Waals surface area contributed by atoms with Crippen LogP contribution in [0.1, 0.15) is 6.42 Å². The van der Waals surface area contributed by atoms with Crippen molar-refractivity contribution in [1.82, 2.24) is 10.3 Å². The number of carbonyl (C=O) groups excluding carboxylic acids is 2. The third kappa shape index (κ3) is 6.21. The first-order chi connectivity index (χ1) is 11.7. The van der Waals surface area contributed by atoms with Crippen LogP contribution in [0.4, 0.5) is 5.13 Å². The molecule has 0 radical (unpaired) electrons. The van der Waals surface area contributed by atoms with Crippen LogP contribution >= 0.6 is 23.1 Å². The summed E-state index contributed by atoms with van der Waals surface area (Å²) in [4.78, 5) is 28.4. The van der Waals surface area contributed by atoms with E-state index in [0.29, 0.717) is 17.3 Å². The predicted molar refractivity (Wildman–Crippen MR) is 97.6 cm³/mol.